The van der Waals surface area contributed by atoms with Crippen LogP contribution in [0.2, 0.25) is 0 Å². The number of aliphatic hydroxyl groups is 1. The van der Waals surface area contributed by atoms with Gasteiger partial charge in [-0.05, 0) is 61.5 Å². The molecule has 39 heavy (non-hydrogen) atoms. The van der Waals surface area contributed by atoms with Crippen molar-refractivity contribution in [3.05, 3.63) is 53.5 Å². The third kappa shape index (κ3) is 5.96. The molecule has 0 radical (unpaired) electrons. The molecule has 0 bridgehead atoms. The number of carbonyl (C=O) groups excluding carboxylic acids is 3. The van der Waals surface area contributed by atoms with Gasteiger partial charge in [-0.3, -0.25) is 19.3 Å². The minimum absolute atomic E-state index is 0.0421. The van der Waals surface area contributed by atoms with E-state index < -0.39 is 12.0 Å². The van der Waals surface area contributed by atoms with Gasteiger partial charge in [0.05, 0.1) is 6.10 Å². The maximum atomic E-state index is 12.7. The summed E-state index contributed by atoms with van der Waals surface area (Å²) in [6.07, 6.45) is 7.09. The fraction of sp³-hybridized carbons (Fsp3) is 0.552. The Balaban J connectivity index is 0.911. The summed E-state index contributed by atoms with van der Waals surface area (Å²) in [6.45, 7) is 2.34. The molecule has 1 aliphatic heterocycles. The lowest BCUT2D eigenvalue weighted by Crippen LogP contribution is -2.59. The van der Waals surface area contributed by atoms with Gasteiger partial charge in [0.15, 0.2) is 0 Å². The van der Waals surface area contributed by atoms with Crippen LogP contribution in [0.4, 0.5) is 5.82 Å². The van der Waals surface area contributed by atoms with Crippen molar-refractivity contribution in [2.75, 3.05) is 25.0 Å². The van der Waals surface area contributed by atoms with Crippen molar-refractivity contribution in [3.63, 3.8) is 0 Å². The van der Waals surface area contributed by atoms with E-state index >= 15 is 0 Å². The molecule has 3 fully saturated rings. The summed E-state index contributed by atoms with van der Waals surface area (Å²) in [7, 11) is 0. The summed E-state index contributed by atoms with van der Waals surface area (Å²) in [5.41, 5.74) is 3.14. The highest BCUT2D eigenvalue weighted by Gasteiger charge is 2.53. The van der Waals surface area contributed by atoms with Crippen molar-refractivity contribution in [1.29, 1.82) is 0 Å². The van der Waals surface area contributed by atoms with Crippen molar-refractivity contribution in [3.8, 4) is 0 Å². The molecule has 2 amide bonds. The van der Waals surface area contributed by atoms with Crippen molar-refractivity contribution >= 4 is 23.4 Å². The smallest absolute Gasteiger partial charge is 0.287 e. The highest BCUT2D eigenvalue weighted by atomic mass is 16.3. The minimum atomic E-state index is -0.673. The molecule has 10 heteroatoms. The van der Waals surface area contributed by atoms with E-state index in [0.717, 1.165) is 58.0 Å². The number of ketones is 1. The zero-order chi connectivity index (χ0) is 27.0. The number of amides is 2. The van der Waals surface area contributed by atoms with Crippen LogP contribution in [0, 0.1) is 11.3 Å². The Morgan fingerprint density at radius 3 is 2.56 bits per heavy atom. The van der Waals surface area contributed by atoms with E-state index in [2.05, 4.69) is 49.0 Å². The second-order valence-electron chi connectivity index (χ2n) is 11.9. The molecule has 1 spiro atoms. The maximum Gasteiger partial charge on any atom is 0.287 e. The van der Waals surface area contributed by atoms with Crippen LogP contribution in [0.1, 0.15) is 60.1 Å². The first-order chi connectivity index (χ1) is 18.9. The largest absolute Gasteiger partial charge is 0.390 e. The average Bonchev–Trinajstić information content (AvgIpc) is 3.74. The molecule has 4 N–H and O–H groups in total. The Kier molecular flexibility index (Phi) is 7.07. The number of carbonyl (C=O) groups is 3. The lowest BCUT2D eigenvalue weighted by Gasteiger charge is -2.57. The standard InChI is InChI=1S/C29H36N6O4/c36-23(16-35-8-7-18-3-1-2-4-20(18)15-35)14-30-27(38)24-9-25(32-17-31-24)33-21-10-29(11-21)12-22(13-29)34-28(39)26(37)19-5-6-19/h1-4,9,17,19,21-23,36H,5-8,10-16H2,(H,30,38)(H,34,39)(H,31,32,33)/t21?,22?,23-,29?/m0/s1. The molecule has 206 valence electrons. The van der Waals surface area contributed by atoms with Crippen LogP contribution in [0.5, 0.6) is 0 Å². The second kappa shape index (κ2) is 10.7. The number of aliphatic hydroxyl groups excluding tert-OH is 1. The van der Waals surface area contributed by atoms with E-state index in [1.165, 1.54) is 17.5 Å². The van der Waals surface area contributed by atoms with E-state index in [9.17, 15) is 19.5 Å². The van der Waals surface area contributed by atoms with Crippen LogP contribution in [-0.4, -0.2) is 75.4 Å². The molecule has 1 aromatic heterocycles. The van der Waals surface area contributed by atoms with Gasteiger partial charge in [0.25, 0.3) is 11.8 Å². The molecular formula is C29H36N6O4. The van der Waals surface area contributed by atoms with Crippen LogP contribution in [0.15, 0.2) is 36.7 Å². The third-order valence-electron chi connectivity index (χ3n) is 8.65. The second-order valence-corrected chi connectivity index (χ2v) is 11.9. The van der Waals surface area contributed by atoms with Crippen molar-refractivity contribution in [2.45, 2.75) is 69.7 Å². The molecule has 6 rings (SSSR count). The van der Waals surface area contributed by atoms with E-state index in [1.807, 2.05) is 6.07 Å². The Morgan fingerprint density at radius 2 is 1.79 bits per heavy atom. The molecule has 2 heterocycles. The summed E-state index contributed by atoms with van der Waals surface area (Å²) < 4.78 is 0. The quantitative estimate of drug-likeness (QED) is 0.338. The predicted octanol–water partition coefficient (Wildman–Crippen LogP) is 1.44. The number of hydrogen-bond acceptors (Lipinski definition) is 8. The van der Waals surface area contributed by atoms with Crippen LogP contribution in [0.25, 0.3) is 0 Å². The lowest BCUT2D eigenvalue weighted by atomic mass is 9.52. The van der Waals surface area contributed by atoms with E-state index in [1.54, 1.807) is 6.07 Å². The molecule has 0 saturated heterocycles. The van der Waals surface area contributed by atoms with E-state index in [0.29, 0.717) is 12.4 Å². The number of benzene rings is 1. The molecule has 3 aliphatic carbocycles. The van der Waals surface area contributed by atoms with Gasteiger partial charge in [0, 0.05) is 50.2 Å². The molecule has 2 aromatic rings. The molecule has 10 nitrogen and oxygen atoms in total. The van der Waals surface area contributed by atoms with Crippen LogP contribution in [0.3, 0.4) is 0 Å². The Morgan fingerprint density at radius 1 is 1.05 bits per heavy atom. The minimum Gasteiger partial charge on any atom is -0.390 e. The van der Waals surface area contributed by atoms with E-state index in [-0.39, 0.29) is 47.3 Å². The van der Waals surface area contributed by atoms with Crippen molar-refractivity contribution in [2.24, 2.45) is 11.3 Å². The molecular weight excluding hydrogens is 496 g/mol. The predicted molar refractivity (Wildman–Crippen MR) is 144 cm³/mol. The van der Waals surface area contributed by atoms with Gasteiger partial charge in [0.1, 0.15) is 17.8 Å². The number of rotatable bonds is 10. The van der Waals surface area contributed by atoms with Gasteiger partial charge in [-0.15, -0.1) is 0 Å². The monoisotopic (exact) mass is 532 g/mol. The van der Waals surface area contributed by atoms with Gasteiger partial charge < -0.3 is 21.1 Å². The van der Waals surface area contributed by atoms with Gasteiger partial charge >= 0.3 is 0 Å². The van der Waals surface area contributed by atoms with Crippen molar-refractivity contribution < 1.29 is 19.5 Å². The number of β-amino-alcohol motifs (C(OH)–C–C–N with tert-alkyl or cyclic N) is 1. The molecule has 0 unspecified atom stereocenters. The fourth-order valence-electron chi connectivity index (χ4n) is 6.44. The van der Waals surface area contributed by atoms with Gasteiger partial charge in [-0.2, -0.15) is 0 Å². The normalized spacial score (nSPS) is 26.5. The first-order valence-corrected chi connectivity index (χ1v) is 14.0. The summed E-state index contributed by atoms with van der Waals surface area (Å²) in [5, 5.41) is 19.6. The third-order valence-corrected chi connectivity index (χ3v) is 8.65. The molecule has 4 aliphatic rings. The number of hydrogen-bond donors (Lipinski definition) is 4. The zero-order valence-corrected chi connectivity index (χ0v) is 22.1. The van der Waals surface area contributed by atoms with Gasteiger partial charge in [0.2, 0.25) is 5.78 Å². The number of Topliss-reactive ketones (excluding diaryl/α,β-unsaturated/α-hetero) is 1. The number of anilines is 1. The Labute approximate surface area is 228 Å². The molecule has 1 atom stereocenters. The highest BCUT2D eigenvalue weighted by Crippen LogP contribution is 2.56. The SMILES string of the molecule is O=C(NC1CC2(C1)CC(Nc1cc(C(=O)NC[C@H](O)CN3CCc4ccccc4C3)ncn1)C2)C(=O)C1CC1. The first-order valence-electron chi connectivity index (χ1n) is 14.0. The number of fused-ring (bicyclic) bond motifs is 1. The summed E-state index contributed by atoms with van der Waals surface area (Å²) in [6, 6.07) is 10.4. The topological polar surface area (TPSA) is 137 Å². The van der Waals surface area contributed by atoms with Crippen LogP contribution in [-0.2, 0) is 22.6 Å². The highest BCUT2D eigenvalue weighted by molar-refractivity contribution is 6.37. The molecule has 3 saturated carbocycles. The summed E-state index contributed by atoms with van der Waals surface area (Å²) >= 11 is 0. The summed E-state index contributed by atoms with van der Waals surface area (Å²) in [5.74, 6) is -0.452. The molecule has 1 aromatic carbocycles. The van der Waals surface area contributed by atoms with Crippen LogP contribution < -0.4 is 16.0 Å². The lowest BCUT2D eigenvalue weighted by molar-refractivity contribution is -0.140. The number of aromatic nitrogens is 2. The van der Waals surface area contributed by atoms with Gasteiger partial charge in [-0.25, -0.2) is 9.97 Å². The number of nitrogens with one attached hydrogen (secondary N) is 3. The zero-order valence-electron chi connectivity index (χ0n) is 22.1. The van der Waals surface area contributed by atoms with Crippen LogP contribution >= 0.6 is 0 Å². The van der Waals surface area contributed by atoms with Gasteiger partial charge in [-0.1, -0.05) is 24.3 Å². The number of nitrogens with zero attached hydrogens (tertiary/aromatic N) is 3. The first kappa shape index (κ1) is 25.9. The Bertz CT molecular complexity index is 1250. The Hall–Kier alpha value is -3.37. The average molecular weight is 533 g/mol. The summed E-state index contributed by atoms with van der Waals surface area (Å²) in [4.78, 5) is 47.2. The van der Waals surface area contributed by atoms with E-state index in [4.69, 9.17) is 0 Å². The van der Waals surface area contributed by atoms with Crippen molar-refractivity contribution in [1.82, 2.24) is 25.5 Å². The maximum absolute atomic E-state index is 12.7. The fourth-order valence-corrected chi connectivity index (χ4v) is 6.44.